The van der Waals surface area contributed by atoms with Gasteiger partial charge in [0, 0.05) is 12.7 Å². The fraction of sp³-hybridized carbons (Fsp3) is 0.538. The van der Waals surface area contributed by atoms with Gasteiger partial charge in [-0.25, -0.2) is 4.98 Å². The van der Waals surface area contributed by atoms with Gasteiger partial charge in [-0.05, 0) is 38.8 Å². The molecule has 0 aromatic carbocycles. The van der Waals surface area contributed by atoms with E-state index in [0.29, 0.717) is 11.6 Å². The fourth-order valence-corrected chi connectivity index (χ4v) is 2.27. The molecular formula is C13H17ClN2O2. The lowest BCUT2D eigenvalue weighted by molar-refractivity contribution is -0.0138. The number of halogens is 1. The van der Waals surface area contributed by atoms with Crippen LogP contribution in [-0.2, 0) is 4.74 Å². The van der Waals surface area contributed by atoms with Crippen LogP contribution in [0, 0.1) is 0 Å². The van der Waals surface area contributed by atoms with Crippen molar-refractivity contribution in [3.63, 3.8) is 0 Å². The number of rotatable bonds is 3. The number of carbonyl (C=O) groups excluding carboxylic acids is 1. The molecule has 1 saturated heterocycles. The second-order valence-corrected chi connectivity index (χ2v) is 5.49. The zero-order valence-corrected chi connectivity index (χ0v) is 11.3. The Balaban J connectivity index is 1.88. The third-order valence-corrected chi connectivity index (χ3v) is 3.32. The van der Waals surface area contributed by atoms with Gasteiger partial charge in [-0.1, -0.05) is 11.6 Å². The molecule has 1 aliphatic rings. The number of aromatic nitrogens is 1. The van der Waals surface area contributed by atoms with Gasteiger partial charge in [0.2, 0.25) is 0 Å². The first-order valence-corrected chi connectivity index (χ1v) is 6.42. The van der Waals surface area contributed by atoms with Crippen LogP contribution in [0.15, 0.2) is 18.3 Å². The molecule has 2 heterocycles. The predicted molar refractivity (Wildman–Crippen MR) is 69.8 cm³/mol. The molecule has 18 heavy (non-hydrogen) atoms. The Labute approximate surface area is 112 Å². The number of pyridine rings is 1. The third kappa shape index (κ3) is 3.21. The zero-order valence-electron chi connectivity index (χ0n) is 10.6. The van der Waals surface area contributed by atoms with E-state index in [2.05, 4.69) is 24.1 Å². The molecule has 1 N–H and O–H groups in total. The number of ether oxygens (including phenoxy) is 1. The van der Waals surface area contributed by atoms with Crippen molar-refractivity contribution in [2.75, 3.05) is 6.54 Å². The largest absolute Gasteiger partial charge is 0.371 e. The molecule has 0 unspecified atom stereocenters. The molecule has 98 valence electrons. The molecule has 2 rings (SSSR count). The number of hydrogen-bond acceptors (Lipinski definition) is 3. The Kier molecular flexibility index (Phi) is 3.88. The minimum atomic E-state index is -0.256. The van der Waals surface area contributed by atoms with Gasteiger partial charge in [-0.15, -0.1) is 0 Å². The van der Waals surface area contributed by atoms with E-state index in [9.17, 15) is 4.79 Å². The summed E-state index contributed by atoms with van der Waals surface area (Å²) in [4.78, 5) is 15.8. The average molecular weight is 269 g/mol. The molecular weight excluding hydrogens is 252 g/mol. The number of hydrogen-bond donors (Lipinski definition) is 1. The number of nitrogens with zero attached hydrogens (tertiary/aromatic N) is 1. The minimum absolute atomic E-state index is 0.0754. The fourth-order valence-electron chi connectivity index (χ4n) is 2.06. The van der Waals surface area contributed by atoms with Crippen molar-refractivity contribution in [3.05, 3.63) is 29.0 Å². The van der Waals surface area contributed by atoms with Gasteiger partial charge in [0.25, 0.3) is 5.91 Å². The highest BCUT2D eigenvalue weighted by atomic mass is 35.5. The van der Waals surface area contributed by atoms with Crippen LogP contribution in [0.25, 0.3) is 0 Å². The second kappa shape index (κ2) is 5.24. The first-order valence-electron chi connectivity index (χ1n) is 6.04. The lowest BCUT2D eigenvalue weighted by Crippen LogP contribution is -2.34. The summed E-state index contributed by atoms with van der Waals surface area (Å²) in [6.07, 6.45) is 3.60. The summed E-state index contributed by atoms with van der Waals surface area (Å²) in [5, 5.41) is 3.17. The van der Waals surface area contributed by atoms with Crippen LogP contribution in [0.2, 0.25) is 5.02 Å². The molecule has 0 radical (unpaired) electrons. The van der Waals surface area contributed by atoms with Crippen LogP contribution in [0.5, 0.6) is 0 Å². The van der Waals surface area contributed by atoms with E-state index >= 15 is 0 Å². The van der Waals surface area contributed by atoms with Gasteiger partial charge in [0.15, 0.2) is 0 Å². The van der Waals surface area contributed by atoms with Crippen molar-refractivity contribution < 1.29 is 9.53 Å². The lowest BCUT2D eigenvalue weighted by Gasteiger charge is -2.19. The maximum atomic E-state index is 11.9. The van der Waals surface area contributed by atoms with E-state index in [1.165, 1.54) is 0 Å². The molecule has 1 amide bonds. The van der Waals surface area contributed by atoms with Crippen molar-refractivity contribution in [1.82, 2.24) is 10.3 Å². The monoisotopic (exact) mass is 268 g/mol. The van der Waals surface area contributed by atoms with Crippen LogP contribution in [-0.4, -0.2) is 29.1 Å². The Morgan fingerprint density at radius 3 is 3.06 bits per heavy atom. The number of carbonyl (C=O) groups is 1. The van der Waals surface area contributed by atoms with Crippen LogP contribution >= 0.6 is 11.6 Å². The summed E-state index contributed by atoms with van der Waals surface area (Å²) in [6, 6.07) is 3.35. The van der Waals surface area contributed by atoms with Gasteiger partial charge in [0.05, 0.1) is 16.7 Å². The molecule has 0 bridgehead atoms. The summed E-state index contributed by atoms with van der Waals surface area (Å²) >= 11 is 5.91. The molecule has 0 aliphatic carbocycles. The third-order valence-electron chi connectivity index (χ3n) is 3.02. The van der Waals surface area contributed by atoms with Crippen LogP contribution < -0.4 is 5.32 Å². The molecule has 1 fully saturated rings. The quantitative estimate of drug-likeness (QED) is 0.916. The van der Waals surface area contributed by atoms with Gasteiger partial charge < -0.3 is 10.1 Å². The molecule has 0 saturated carbocycles. The topological polar surface area (TPSA) is 51.2 Å². The maximum Gasteiger partial charge on any atom is 0.271 e. The van der Waals surface area contributed by atoms with Crippen molar-refractivity contribution in [2.24, 2.45) is 0 Å². The van der Waals surface area contributed by atoms with Crippen molar-refractivity contribution in [1.29, 1.82) is 0 Å². The van der Waals surface area contributed by atoms with E-state index in [1.54, 1.807) is 18.3 Å². The minimum Gasteiger partial charge on any atom is -0.371 e. The van der Waals surface area contributed by atoms with Crippen LogP contribution in [0.4, 0.5) is 0 Å². The van der Waals surface area contributed by atoms with E-state index < -0.39 is 0 Å². The Bertz CT molecular complexity index is 448. The molecule has 0 spiro atoms. The smallest absolute Gasteiger partial charge is 0.271 e. The summed E-state index contributed by atoms with van der Waals surface area (Å²) in [5.74, 6) is -0.256. The van der Waals surface area contributed by atoms with Gasteiger partial charge >= 0.3 is 0 Å². The highest BCUT2D eigenvalue weighted by Crippen LogP contribution is 2.28. The highest BCUT2D eigenvalue weighted by Gasteiger charge is 2.31. The lowest BCUT2D eigenvalue weighted by atomic mass is 10.1. The average Bonchev–Trinajstić information content (AvgIpc) is 2.66. The summed E-state index contributed by atoms with van der Waals surface area (Å²) in [7, 11) is 0. The van der Waals surface area contributed by atoms with Gasteiger partial charge in [-0.3, -0.25) is 4.79 Å². The Morgan fingerprint density at radius 2 is 2.44 bits per heavy atom. The maximum absolute atomic E-state index is 11.9. The molecule has 4 nitrogen and oxygen atoms in total. The molecule has 1 aromatic heterocycles. The molecule has 1 aromatic rings. The predicted octanol–water partition coefficient (Wildman–Crippen LogP) is 2.42. The Hall–Kier alpha value is -1.13. The zero-order chi connectivity index (χ0) is 13.2. The van der Waals surface area contributed by atoms with Crippen molar-refractivity contribution in [3.8, 4) is 0 Å². The number of amides is 1. The van der Waals surface area contributed by atoms with Crippen LogP contribution in [0.1, 0.15) is 37.2 Å². The van der Waals surface area contributed by atoms with Gasteiger partial charge in [-0.2, -0.15) is 0 Å². The van der Waals surface area contributed by atoms with Gasteiger partial charge in [0.1, 0.15) is 5.69 Å². The van der Waals surface area contributed by atoms with Crippen molar-refractivity contribution in [2.45, 2.75) is 38.4 Å². The van der Waals surface area contributed by atoms with E-state index in [0.717, 1.165) is 12.8 Å². The molecule has 5 heteroatoms. The first-order chi connectivity index (χ1) is 8.48. The number of nitrogens with one attached hydrogen (secondary N) is 1. The van der Waals surface area contributed by atoms with Crippen LogP contribution in [0.3, 0.4) is 0 Å². The van der Waals surface area contributed by atoms with Crippen molar-refractivity contribution >= 4 is 17.5 Å². The normalized spacial score (nSPS) is 21.8. The summed E-state index contributed by atoms with van der Waals surface area (Å²) < 4.78 is 5.80. The first kappa shape index (κ1) is 13.3. The van der Waals surface area contributed by atoms with E-state index in [1.807, 2.05) is 0 Å². The molecule has 1 aliphatic heterocycles. The Morgan fingerprint density at radius 1 is 1.67 bits per heavy atom. The summed E-state index contributed by atoms with van der Waals surface area (Å²) in [5.41, 5.74) is 0.175. The van der Waals surface area contributed by atoms with E-state index in [-0.39, 0.29) is 23.3 Å². The highest BCUT2D eigenvalue weighted by molar-refractivity contribution is 6.33. The SMILES string of the molecule is CC1(C)CC[C@H](CNC(=O)c2ncccc2Cl)O1. The van der Waals surface area contributed by atoms with E-state index in [4.69, 9.17) is 16.3 Å². The molecule has 1 atom stereocenters. The second-order valence-electron chi connectivity index (χ2n) is 5.08. The standard InChI is InChI=1S/C13H17ClN2O2/c1-13(2)6-5-9(18-13)8-16-12(17)11-10(14)4-3-7-15-11/h3-4,7,9H,5-6,8H2,1-2H3,(H,16,17)/t9-/m1/s1. The summed E-state index contributed by atoms with van der Waals surface area (Å²) in [6.45, 7) is 4.62.